The van der Waals surface area contributed by atoms with Gasteiger partial charge in [-0.1, -0.05) is 49.3 Å². The third kappa shape index (κ3) is 3.69. The van der Waals surface area contributed by atoms with Crippen molar-refractivity contribution in [2.45, 2.75) is 38.5 Å². The van der Waals surface area contributed by atoms with Crippen molar-refractivity contribution in [1.29, 1.82) is 0 Å². The first-order chi connectivity index (χ1) is 12.4. The molecule has 0 saturated carbocycles. The molecule has 0 atom stereocenters. The maximum Gasteiger partial charge on any atom is 0.335 e. The highest BCUT2D eigenvalue weighted by atomic mass is 16.4. The monoisotopic (exact) mass is 349 g/mol. The fourth-order valence-electron chi connectivity index (χ4n) is 3.54. The van der Waals surface area contributed by atoms with E-state index in [0.29, 0.717) is 5.71 Å². The third-order valence-corrected chi connectivity index (χ3v) is 5.08. The standard InChI is InChI=1S/C22H23NO3/c1-22(2)13-3-4-16-10-11-18(14-19(16)22)20(23-26)12-7-15-5-8-17(9-6-15)21(24)25/h5-12,14,26H,3-4,13H2,1-2H3,(H,24,25)/b12-7+,23-20-. The lowest BCUT2D eigenvalue weighted by Crippen LogP contribution is -2.24. The molecule has 0 spiro atoms. The Morgan fingerprint density at radius 1 is 1.12 bits per heavy atom. The van der Waals surface area contributed by atoms with Crippen molar-refractivity contribution >= 4 is 17.8 Å². The quantitative estimate of drug-likeness (QED) is 0.469. The zero-order valence-corrected chi connectivity index (χ0v) is 15.1. The highest BCUT2D eigenvalue weighted by molar-refractivity contribution is 6.10. The van der Waals surface area contributed by atoms with Gasteiger partial charge in [0, 0.05) is 5.56 Å². The van der Waals surface area contributed by atoms with Gasteiger partial charge in [0.15, 0.2) is 0 Å². The molecule has 0 saturated heterocycles. The minimum absolute atomic E-state index is 0.126. The Morgan fingerprint density at radius 3 is 2.46 bits per heavy atom. The lowest BCUT2D eigenvalue weighted by Gasteiger charge is -2.33. The Bertz CT molecular complexity index is 877. The van der Waals surface area contributed by atoms with Crippen molar-refractivity contribution in [3.05, 3.63) is 76.4 Å². The number of aryl methyl sites for hydroxylation is 1. The molecule has 0 unspecified atom stereocenters. The van der Waals surface area contributed by atoms with E-state index in [0.717, 1.165) is 24.0 Å². The number of fused-ring (bicyclic) bond motifs is 1. The van der Waals surface area contributed by atoms with E-state index < -0.39 is 5.97 Å². The molecular weight excluding hydrogens is 326 g/mol. The van der Waals surface area contributed by atoms with Crippen LogP contribution in [0.3, 0.4) is 0 Å². The van der Waals surface area contributed by atoms with E-state index >= 15 is 0 Å². The molecular formula is C22H23NO3. The maximum atomic E-state index is 10.9. The molecule has 134 valence electrons. The number of hydrogen-bond acceptors (Lipinski definition) is 3. The smallest absolute Gasteiger partial charge is 0.335 e. The average Bonchev–Trinajstić information content (AvgIpc) is 2.63. The Hall–Kier alpha value is -2.88. The minimum Gasteiger partial charge on any atom is -0.478 e. The second-order valence-corrected chi connectivity index (χ2v) is 7.36. The van der Waals surface area contributed by atoms with Crippen LogP contribution in [0, 0.1) is 0 Å². The molecule has 1 aliphatic carbocycles. The molecule has 2 aromatic rings. The summed E-state index contributed by atoms with van der Waals surface area (Å²) in [5, 5.41) is 21.9. The molecule has 0 aliphatic heterocycles. The molecule has 0 bridgehead atoms. The summed E-state index contributed by atoms with van der Waals surface area (Å²) in [5.74, 6) is -0.949. The Labute approximate surface area is 153 Å². The summed E-state index contributed by atoms with van der Waals surface area (Å²) in [5.41, 5.74) is 5.26. The lowest BCUT2D eigenvalue weighted by atomic mass is 9.72. The lowest BCUT2D eigenvalue weighted by molar-refractivity contribution is 0.0697. The van der Waals surface area contributed by atoms with Crippen LogP contribution in [0.1, 0.15) is 59.3 Å². The first-order valence-corrected chi connectivity index (χ1v) is 8.78. The van der Waals surface area contributed by atoms with Crippen molar-refractivity contribution in [2.24, 2.45) is 5.16 Å². The summed E-state index contributed by atoms with van der Waals surface area (Å²) in [6.07, 6.45) is 7.00. The minimum atomic E-state index is -0.949. The fraction of sp³-hybridized carbons (Fsp3) is 0.273. The summed E-state index contributed by atoms with van der Waals surface area (Å²) >= 11 is 0. The molecule has 26 heavy (non-hydrogen) atoms. The number of benzene rings is 2. The number of nitrogens with zero attached hydrogens (tertiary/aromatic N) is 1. The largest absolute Gasteiger partial charge is 0.478 e. The van der Waals surface area contributed by atoms with Crippen LogP contribution in [0.4, 0.5) is 0 Å². The van der Waals surface area contributed by atoms with Gasteiger partial charge in [0.2, 0.25) is 0 Å². The van der Waals surface area contributed by atoms with Crippen LogP contribution in [0.25, 0.3) is 6.08 Å². The SMILES string of the molecule is CC1(C)CCCc2ccc(C(/C=C/c3ccc(C(=O)O)cc3)=N\O)cc21. The predicted molar refractivity (Wildman–Crippen MR) is 103 cm³/mol. The highest BCUT2D eigenvalue weighted by Crippen LogP contribution is 2.37. The van der Waals surface area contributed by atoms with Gasteiger partial charge in [-0.15, -0.1) is 0 Å². The second-order valence-electron chi connectivity index (χ2n) is 7.36. The number of aromatic carboxylic acids is 1. The summed E-state index contributed by atoms with van der Waals surface area (Å²) in [7, 11) is 0. The number of allylic oxidation sites excluding steroid dienone is 1. The number of carboxylic acid groups (broad SMARTS) is 1. The van der Waals surface area contributed by atoms with Crippen molar-refractivity contribution in [1.82, 2.24) is 0 Å². The Morgan fingerprint density at radius 2 is 1.81 bits per heavy atom. The van der Waals surface area contributed by atoms with E-state index in [-0.39, 0.29) is 11.0 Å². The molecule has 0 heterocycles. The van der Waals surface area contributed by atoms with Gasteiger partial charge in [-0.25, -0.2) is 4.79 Å². The summed E-state index contributed by atoms with van der Waals surface area (Å²) in [4.78, 5) is 10.9. The van der Waals surface area contributed by atoms with Crippen LogP contribution in [0.2, 0.25) is 0 Å². The number of hydrogen-bond donors (Lipinski definition) is 2. The number of oxime groups is 1. The average molecular weight is 349 g/mol. The van der Waals surface area contributed by atoms with Crippen molar-refractivity contribution in [2.75, 3.05) is 0 Å². The normalized spacial score (nSPS) is 16.5. The van der Waals surface area contributed by atoms with E-state index in [1.54, 1.807) is 30.3 Å². The molecule has 2 aromatic carbocycles. The van der Waals surface area contributed by atoms with Gasteiger partial charge >= 0.3 is 5.97 Å². The molecule has 4 nitrogen and oxygen atoms in total. The van der Waals surface area contributed by atoms with Gasteiger partial charge in [0.1, 0.15) is 5.71 Å². The first-order valence-electron chi connectivity index (χ1n) is 8.78. The van der Waals surface area contributed by atoms with Gasteiger partial charge in [-0.05, 0) is 65.6 Å². The summed E-state index contributed by atoms with van der Waals surface area (Å²) < 4.78 is 0. The van der Waals surface area contributed by atoms with Gasteiger partial charge in [0.05, 0.1) is 5.56 Å². The maximum absolute atomic E-state index is 10.9. The van der Waals surface area contributed by atoms with E-state index in [1.165, 1.54) is 17.5 Å². The third-order valence-electron chi connectivity index (χ3n) is 5.08. The topological polar surface area (TPSA) is 69.9 Å². The number of carbonyl (C=O) groups is 1. The van der Waals surface area contributed by atoms with Gasteiger partial charge in [0.25, 0.3) is 0 Å². The van der Waals surface area contributed by atoms with Gasteiger partial charge in [-0.3, -0.25) is 0 Å². The molecule has 4 heteroatoms. The molecule has 2 N–H and O–H groups in total. The van der Waals surface area contributed by atoms with Crippen LogP contribution in [-0.4, -0.2) is 22.0 Å². The zero-order chi connectivity index (χ0) is 18.7. The van der Waals surface area contributed by atoms with Crippen LogP contribution >= 0.6 is 0 Å². The van der Waals surface area contributed by atoms with Crippen molar-refractivity contribution in [3.8, 4) is 0 Å². The van der Waals surface area contributed by atoms with E-state index in [1.807, 2.05) is 12.1 Å². The summed E-state index contributed by atoms with van der Waals surface area (Å²) in [6, 6.07) is 12.8. The molecule has 0 fully saturated rings. The number of rotatable bonds is 4. The van der Waals surface area contributed by atoms with Crippen LogP contribution in [0.5, 0.6) is 0 Å². The van der Waals surface area contributed by atoms with Gasteiger partial charge in [-0.2, -0.15) is 0 Å². The highest BCUT2D eigenvalue weighted by Gasteiger charge is 2.27. The molecule has 0 radical (unpaired) electrons. The van der Waals surface area contributed by atoms with Crippen LogP contribution in [0.15, 0.2) is 53.7 Å². The zero-order valence-electron chi connectivity index (χ0n) is 15.1. The van der Waals surface area contributed by atoms with E-state index in [9.17, 15) is 10.0 Å². The predicted octanol–water partition coefficient (Wildman–Crippen LogP) is 4.89. The number of carboxylic acids is 1. The first kappa shape index (κ1) is 17.9. The van der Waals surface area contributed by atoms with Crippen LogP contribution in [-0.2, 0) is 11.8 Å². The van der Waals surface area contributed by atoms with E-state index in [4.69, 9.17) is 5.11 Å². The van der Waals surface area contributed by atoms with Crippen molar-refractivity contribution < 1.29 is 15.1 Å². The van der Waals surface area contributed by atoms with Crippen molar-refractivity contribution in [3.63, 3.8) is 0 Å². The molecule has 1 aliphatic rings. The molecule has 0 amide bonds. The second kappa shape index (κ2) is 7.16. The summed E-state index contributed by atoms with van der Waals surface area (Å²) in [6.45, 7) is 4.51. The van der Waals surface area contributed by atoms with Gasteiger partial charge < -0.3 is 10.3 Å². The fourth-order valence-corrected chi connectivity index (χ4v) is 3.54. The molecule has 0 aromatic heterocycles. The Balaban J connectivity index is 1.87. The van der Waals surface area contributed by atoms with E-state index in [2.05, 4.69) is 31.1 Å². The van der Waals surface area contributed by atoms with Crippen LogP contribution < -0.4 is 0 Å². The Kier molecular flexibility index (Phi) is 4.94. The molecule has 3 rings (SSSR count).